The molecule has 0 atom stereocenters. The maximum atomic E-state index is 11.9. The normalized spacial score (nSPS) is 11.0. The van der Waals surface area contributed by atoms with Crippen LogP contribution < -0.4 is 0 Å². The summed E-state index contributed by atoms with van der Waals surface area (Å²) < 4.78 is 0. The van der Waals surface area contributed by atoms with Gasteiger partial charge in [-0.2, -0.15) is 0 Å². The lowest BCUT2D eigenvalue weighted by atomic mass is 9.99. The van der Waals surface area contributed by atoms with Crippen LogP contribution in [0.5, 0.6) is 0 Å². The van der Waals surface area contributed by atoms with Gasteiger partial charge in [-0.25, -0.2) is 4.98 Å². The highest BCUT2D eigenvalue weighted by Gasteiger charge is 2.14. The predicted molar refractivity (Wildman–Crippen MR) is 96.2 cm³/mol. The second-order valence-electron chi connectivity index (χ2n) is 5.78. The summed E-state index contributed by atoms with van der Waals surface area (Å²) >= 11 is 5.81. The maximum absolute atomic E-state index is 11.9. The lowest BCUT2D eigenvalue weighted by molar-refractivity contribution is 0.108. The number of nitrogens with zero attached hydrogens (tertiary/aromatic N) is 1. The van der Waals surface area contributed by atoms with E-state index in [1.54, 1.807) is 6.07 Å². The first kappa shape index (κ1) is 15.7. The van der Waals surface area contributed by atoms with Gasteiger partial charge in [0.15, 0.2) is 0 Å². The van der Waals surface area contributed by atoms with Gasteiger partial charge in [0.2, 0.25) is 0 Å². The van der Waals surface area contributed by atoms with Crippen molar-refractivity contribution in [3.8, 4) is 11.3 Å². The number of benzene rings is 2. The molecule has 0 amide bonds. The molecule has 0 N–H and O–H groups in total. The summed E-state index contributed by atoms with van der Waals surface area (Å²) in [4.78, 5) is 16.7. The second-order valence-corrected chi connectivity index (χ2v) is 6.13. The minimum atomic E-state index is -0.452. The molecule has 0 fully saturated rings. The van der Waals surface area contributed by atoms with Crippen LogP contribution in [-0.2, 0) is 6.42 Å². The van der Waals surface area contributed by atoms with Crippen molar-refractivity contribution in [1.29, 1.82) is 0 Å². The highest BCUT2D eigenvalue weighted by atomic mass is 35.5. The van der Waals surface area contributed by atoms with Gasteiger partial charge >= 0.3 is 0 Å². The Bertz CT molecular complexity index is 898. The van der Waals surface area contributed by atoms with Gasteiger partial charge in [0, 0.05) is 16.5 Å². The summed E-state index contributed by atoms with van der Waals surface area (Å²) in [5, 5.41) is 0.356. The second kappa shape index (κ2) is 6.13. The van der Waals surface area contributed by atoms with E-state index in [2.05, 4.69) is 19.1 Å². The van der Waals surface area contributed by atoms with Gasteiger partial charge in [-0.05, 0) is 54.6 Å². The van der Waals surface area contributed by atoms with Crippen LogP contribution in [-0.4, -0.2) is 10.2 Å². The van der Waals surface area contributed by atoms with E-state index in [1.165, 1.54) is 5.56 Å². The van der Waals surface area contributed by atoms with Gasteiger partial charge in [-0.3, -0.25) is 4.79 Å². The number of aromatic nitrogens is 1. The van der Waals surface area contributed by atoms with Crippen LogP contribution in [0.1, 0.15) is 34.0 Å². The Morgan fingerprint density at radius 2 is 1.78 bits per heavy atom. The Morgan fingerprint density at radius 1 is 1.09 bits per heavy atom. The average molecular weight is 324 g/mol. The molecule has 0 saturated carbocycles. The molecule has 23 heavy (non-hydrogen) atoms. The fraction of sp³-hybridized carbons (Fsp3) is 0.200. The molecular weight excluding hydrogens is 306 g/mol. The van der Waals surface area contributed by atoms with Gasteiger partial charge in [-0.15, -0.1) is 0 Å². The Balaban J connectivity index is 2.28. The zero-order valence-corrected chi connectivity index (χ0v) is 14.2. The fourth-order valence-corrected chi connectivity index (χ4v) is 2.91. The molecule has 0 aliphatic rings. The summed E-state index contributed by atoms with van der Waals surface area (Å²) in [5.41, 5.74) is 6.61. The third-order valence-corrected chi connectivity index (χ3v) is 4.58. The number of carbonyl (C=O) groups excluding carboxylic acids is 1. The van der Waals surface area contributed by atoms with Gasteiger partial charge < -0.3 is 0 Å². The van der Waals surface area contributed by atoms with Crippen molar-refractivity contribution in [3.63, 3.8) is 0 Å². The molecular formula is C20H18ClNO. The quantitative estimate of drug-likeness (QED) is 0.599. The number of carbonyl (C=O) groups is 1. The van der Waals surface area contributed by atoms with Crippen LogP contribution in [0.25, 0.3) is 22.2 Å². The molecule has 3 rings (SSSR count). The Hall–Kier alpha value is -2.19. The molecule has 0 aliphatic heterocycles. The zero-order valence-electron chi connectivity index (χ0n) is 13.5. The molecule has 116 valence electrons. The van der Waals surface area contributed by atoms with Crippen LogP contribution >= 0.6 is 11.6 Å². The van der Waals surface area contributed by atoms with Crippen molar-refractivity contribution in [2.24, 2.45) is 0 Å². The van der Waals surface area contributed by atoms with E-state index in [0.717, 1.165) is 39.7 Å². The summed E-state index contributed by atoms with van der Waals surface area (Å²) in [7, 11) is 0. The predicted octanol–water partition coefficient (Wildman–Crippen LogP) is 5.46. The highest BCUT2D eigenvalue weighted by molar-refractivity contribution is 6.68. The van der Waals surface area contributed by atoms with Crippen molar-refractivity contribution < 1.29 is 4.79 Å². The van der Waals surface area contributed by atoms with Gasteiger partial charge in [0.1, 0.15) is 0 Å². The zero-order chi connectivity index (χ0) is 16.6. The lowest BCUT2D eigenvalue weighted by Gasteiger charge is -2.11. The molecule has 0 spiro atoms. The molecule has 1 aromatic heterocycles. The molecule has 0 bridgehead atoms. The van der Waals surface area contributed by atoms with E-state index in [-0.39, 0.29) is 0 Å². The largest absolute Gasteiger partial charge is 0.276 e. The standard InChI is InChI=1S/C20H18ClNO/c1-4-14-6-8-15(9-7-14)18-11-17(20(21)23)16-10-5-12(2)13(3)19(16)22-18/h5-11H,4H2,1-3H3. The first-order valence-corrected chi connectivity index (χ1v) is 8.09. The number of aryl methyl sites for hydroxylation is 3. The average Bonchev–Trinajstić information content (AvgIpc) is 2.57. The minimum Gasteiger partial charge on any atom is -0.276 e. The minimum absolute atomic E-state index is 0.452. The van der Waals surface area contributed by atoms with Gasteiger partial charge in [0.25, 0.3) is 5.24 Å². The van der Waals surface area contributed by atoms with E-state index in [4.69, 9.17) is 16.6 Å². The molecule has 2 aromatic carbocycles. The Kier molecular flexibility index (Phi) is 4.18. The first-order valence-electron chi connectivity index (χ1n) is 7.71. The Labute approximate surface area is 141 Å². The number of rotatable bonds is 3. The summed E-state index contributed by atoms with van der Waals surface area (Å²) in [5.74, 6) is 0. The molecule has 3 heteroatoms. The molecule has 0 saturated heterocycles. The smallest absolute Gasteiger partial charge is 0.253 e. The third-order valence-electron chi connectivity index (χ3n) is 4.38. The van der Waals surface area contributed by atoms with Crippen LogP contribution in [0.15, 0.2) is 42.5 Å². The van der Waals surface area contributed by atoms with Gasteiger partial charge in [-0.1, -0.05) is 43.3 Å². The van der Waals surface area contributed by atoms with Crippen LogP contribution in [0.3, 0.4) is 0 Å². The van der Waals surface area contributed by atoms with Crippen molar-refractivity contribution in [3.05, 3.63) is 64.7 Å². The summed E-state index contributed by atoms with van der Waals surface area (Å²) in [6.07, 6.45) is 0.995. The highest BCUT2D eigenvalue weighted by Crippen LogP contribution is 2.29. The Morgan fingerprint density at radius 3 is 2.39 bits per heavy atom. The first-order chi connectivity index (χ1) is 11.0. The lowest BCUT2D eigenvalue weighted by Crippen LogP contribution is -1.98. The van der Waals surface area contributed by atoms with E-state index >= 15 is 0 Å². The van der Waals surface area contributed by atoms with Crippen molar-refractivity contribution in [2.45, 2.75) is 27.2 Å². The fourth-order valence-electron chi connectivity index (χ4n) is 2.75. The van der Waals surface area contributed by atoms with E-state index in [9.17, 15) is 4.79 Å². The molecule has 0 radical (unpaired) electrons. The van der Waals surface area contributed by atoms with Crippen LogP contribution in [0, 0.1) is 13.8 Å². The molecule has 1 heterocycles. The summed E-state index contributed by atoms with van der Waals surface area (Å²) in [6.45, 7) is 6.19. The van der Waals surface area contributed by atoms with E-state index in [1.807, 2.05) is 38.1 Å². The summed E-state index contributed by atoms with van der Waals surface area (Å²) in [6, 6.07) is 14.0. The van der Waals surface area contributed by atoms with Crippen LogP contribution in [0.2, 0.25) is 0 Å². The third kappa shape index (κ3) is 2.87. The SMILES string of the molecule is CCc1ccc(-c2cc(C(=O)Cl)c3ccc(C)c(C)c3n2)cc1. The number of pyridine rings is 1. The van der Waals surface area contributed by atoms with Crippen molar-refractivity contribution in [2.75, 3.05) is 0 Å². The number of hydrogen-bond donors (Lipinski definition) is 0. The van der Waals surface area contributed by atoms with Crippen LogP contribution in [0.4, 0.5) is 0 Å². The number of hydrogen-bond acceptors (Lipinski definition) is 2. The topological polar surface area (TPSA) is 30.0 Å². The number of halogens is 1. The molecule has 2 nitrogen and oxygen atoms in total. The van der Waals surface area contributed by atoms with Crippen molar-refractivity contribution in [1.82, 2.24) is 4.98 Å². The number of fused-ring (bicyclic) bond motifs is 1. The van der Waals surface area contributed by atoms with Crippen molar-refractivity contribution >= 4 is 27.7 Å². The molecule has 3 aromatic rings. The van der Waals surface area contributed by atoms with E-state index in [0.29, 0.717) is 5.56 Å². The molecule has 0 unspecified atom stereocenters. The van der Waals surface area contributed by atoms with E-state index < -0.39 is 5.24 Å². The van der Waals surface area contributed by atoms with Gasteiger partial charge in [0.05, 0.1) is 11.2 Å². The maximum Gasteiger partial charge on any atom is 0.253 e. The monoisotopic (exact) mass is 323 g/mol. The molecule has 0 aliphatic carbocycles.